The zero-order chi connectivity index (χ0) is 36.2. The van der Waals surface area contributed by atoms with Crippen LogP contribution in [0.1, 0.15) is 55.3 Å². The molecule has 0 aliphatic carbocycles. The number of nitrogens with zero attached hydrogens (tertiary/aromatic N) is 2. The van der Waals surface area contributed by atoms with Crippen molar-refractivity contribution in [2.24, 2.45) is 0 Å². The molecule has 2 heterocycles. The van der Waals surface area contributed by atoms with Crippen molar-refractivity contribution in [1.82, 2.24) is 9.80 Å². The number of hydrogen-bond acceptors (Lipinski definition) is 4. The lowest BCUT2D eigenvalue weighted by atomic mass is 9.80. The molecule has 0 unspecified atom stereocenters. The number of amides is 4. The molecule has 0 aromatic heterocycles. The van der Waals surface area contributed by atoms with Crippen molar-refractivity contribution >= 4 is 131 Å². The summed E-state index contributed by atoms with van der Waals surface area (Å²) in [6, 6.07) is 33.4. The Morgan fingerprint density at radius 2 is 0.519 bits per heavy atom. The smallest absolute Gasteiger partial charge is 0.261 e. The first-order valence-corrected chi connectivity index (χ1v) is 18.4. The van der Waals surface area contributed by atoms with E-state index >= 15 is 0 Å². The van der Waals surface area contributed by atoms with Gasteiger partial charge in [-0.15, -0.1) is 0 Å². The van der Waals surface area contributed by atoms with E-state index in [1.807, 2.05) is 38.1 Å². The molecule has 13 rings (SSSR count). The van der Waals surface area contributed by atoms with Gasteiger partial charge in [0.15, 0.2) is 0 Å². The summed E-state index contributed by atoms with van der Waals surface area (Å²) in [5.41, 5.74) is 2.28. The van der Waals surface area contributed by atoms with Crippen LogP contribution in [-0.4, -0.2) is 46.5 Å². The van der Waals surface area contributed by atoms with Crippen LogP contribution in [0.15, 0.2) is 97.1 Å². The van der Waals surface area contributed by atoms with Crippen LogP contribution in [0.25, 0.3) is 108 Å². The van der Waals surface area contributed by atoms with E-state index in [4.69, 9.17) is 0 Å². The van der Waals surface area contributed by atoms with E-state index < -0.39 is 0 Å². The Labute approximate surface area is 305 Å². The third kappa shape index (κ3) is 2.92. The highest BCUT2D eigenvalue weighted by Gasteiger charge is 2.36. The average molecular weight is 695 g/mol. The first-order valence-electron chi connectivity index (χ1n) is 18.4. The maximum atomic E-state index is 13.7. The molecular weight excluding hydrogens is 669 g/mol. The maximum Gasteiger partial charge on any atom is 0.261 e. The monoisotopic (exact) mass is 694 g/mol. The minimum absolute atomic E-state index is 0.239. The van der Waals surface area contributed by atoms with E-state index in [9.17, 15) is 19.2 Å². The Hall–Kier alpha value is -6.92. The van der Waals surface area contributed by atoms with Crippen LogP contribution >= 0.6 is 0 Å². The fraction of sp³-hybridized carbons (Fsp3) is 0.0833. The molecule has 252 valence electrons. The van der Waals surface area contributed by atoms with E-state index in [1.54, 1.807) is 7.05 Å². The summed E-state index contributed by atoms with van der Waals surface area (Å²) in [6.45, 7) is 3.75. The summed E-state index contributed by atoms with van der Waals surface area (Å²) in [4.78, 5) is 56.6. The van der Waals surface area contributed by atoms with Crippen molar-refractivity contribution < 1.29 is 19.2 Å². The van der Waals surface area contributed by atoms with E-state index in [1.165, 1.54) is 52.9 Å². The molecule has 6 nitrogen and oxygen atoms in total. The normalized spacial score (nSPS) is 15.2. The highest BCUT2D eigenvalue weighted by molar-refractivity contribution is 6.47. The van der Waals surface area contributed by atoms with Gasteiger partial charge in [0.2, 0.25) is 0 Å². The summed E-state index contributed by atoms with van der Waals surface area (Å²) in [5.74, 6) is -1.02. The lowest BCUT2D eigenvalue weighted by Crippen LogP contribution is -2.44. The van der Waals surface area contributed by atoms with Gasteiger partial charge in [-0.25, -0.2) is 0 Å². The quantitative estimate of drug-likeness (QED) is 0.0974. The molecule has 11 aromatic rings. The SMILES string of the molecule is CC(C)N1C(=O)c2ccc3c4ccc5c6ccc7c8ccc9c%10c(ccc(c%11ccc(c%12ccc(c%13ccc(c2c3%13)C1=O)c4c5%12)c6c7%11)c%108)C(=O)N(C)C9=O. The van der Waals surface area contributed by atoms with Crippen LogP contribution in [0.4, 0.5) is 0 Å². The van der Waals surface area contributed by atoms with Gasteiger partial charge >= 0.3 is 0 Å². The first kappa shape index (κ1) is 28.6. The van der Waals surface area contributed by atoms with Gasteiger partial charge in [-0.3, -0.25) is 29.0 Å². The molecule has 2 aliphatic heterocycles. The molecule has 0 spiro atoms. The minimum Gasteiger partial charge on any atom is -0.277 e. The number of rotatable bonds is 1. The molecule has 11 aromatic carbocycles. The Morgan fingerprint density at radius 3 is 0.759 bits per heavy atom. The van der Waals surface area contributed by atoms with Crippen molar-refractivity contribution in [3.05, 3.63) is 119 Å². The second-order valence-corrected chi connectivity index (χ2v) is 15.5. The molecule has 0 bridgehead atoms. The first-order chi connectivity index (χ1) is 26.2. The molecule has 0 saturated carbocycles. The van der Waals surface area contributed by atoms with Crippen molar-refractivity contribution in [2.45, 2.75) is 19.9 Å². The number of carbonyl (C=O) groups is 4. The molecule has 54 heavy (non-hydrogen) atoms. The summed E-state index contributed by atoms with van der Waals surface area (Å²) >= 11 is 0. The summed E-state index contributed by atoms with van der Waals surface area (Å²) in [5, 5.41) is 21.4. The molecule has 0 saturated heterocycles. The van der Waals surface area contributed by atoms with E-state index in [2.05, 4.69) is 72.8 Å². The lowest BCUT2D eigenvalue weighted by molar-refractivity contribution is 0.0561. The van der Waals surface area contributed by atoms with Crippen LogP contribution in [0.5, 0.6) is 0 Å². The lowest BCUT2D eigenvalue weighted by Gasteiger charge is -2.31. The van der Waals surface area contributed by atoms with E-state index in [0.29, 0.717) is 22.3 Å². The Morgan fingerprint density at radius 1 is 0.315 bits per heavy atom. The molecular formula is C48H26N2O4. The third-order valence-corrected chi connectivity index (χ3v) is 12.9. The van der Waals surface area contributed by atoms with Crippen molar-refractivity contribution in [1.29, 1.82) is 0 Å². The van der Waals surface area contributed by atoms with Crippen LogP contribution < -0.4 is 0 Å². The van der Waals surface area contributed by atoms with Crippen molar-refractivity contribution in [3.63, 3.8) is 0 Å². The molecule has 4 amide bonds. The van der Waals surface area contributed by atoms with Gasteiger partial charge in [-0.1, -0.05) is 72.8 Å². The van der Waals surface area contributed by atoms with Crippen LogP contribution in [0.2, 0.25) is 0 Å². The number of hydrogen-bond donors (Lipinski definition) is 0. The van der Waals surface area contributed by atoms with Crippen LogP contribution in [0.3, 0.4) is 0 Å². The fourth-order valence-corrected chi connectivity index (χ4v) is 10.7. The molecule has 0 N–H and O–H groups in total. The number of carbonyl (C=O) groups excluding carboxylic acids is 4. The molecule has 0 atom stereocenters. The Balaban J connectivity index is 1.17. The van der Waals surface area contributed by atoms with Crippen molar-refractivity contribution in [2.75, 3.05) is 7.05 Å². The molecule has 6 heteroatoms. The standard InChI is InChI=1S/C48H26N2O4/c1-20(2)50-47(53)35-18-14-31-27-10-6-23-21-4-8-25-29-12-16-33-43-34(46(52)49(3)45(33)51)17-13-30(41(29)43)26-9-5-22(37(21)39(25)26)24-7-11-28(40(27)38(23)24)32-15-19-36(48(50)54)44(35)42(31)32/h4-20H,1-3H3. The van der Waals surface area contributed by atoms with Gasteiger partial charge in [0.25, 0.3) is 23.6 Å². The summed E-state index contributed by atoms with van der Waals surface area (Å²) in [6.07, 6.45) is 0. The molecule has 0 fully saturated rings. The van der Waals surface area contributed by atoms with Crippen molar-refractivity contribution in [3.8, 4) is 0 Å². The maximum absolute atomic E-state index is 13.7. The van der Waals surface area contributed by atoms with Gasteiger partial charge in [0, 0.05) is 46.1 Å². The van der Waals surface area contributed by atoms with E-state index in [-0.39, 0.29) is 29.7 Å². The van der Waals surface area contributed by atoms with Gasteiger partial charge < -0.3 is 0 Å². The highest BCUT2D eigenvalue weighted by Crippen LogP contribution is 2.52. The summed E-state index contributed by atoms with van der Waals surface area (Å²) in [7, 11) is 1.55. The second kappa shape index (κ2) is 8.99. The van der Waals surface area contributed by atoms with Gasteiger partial charge in [0.1, 0.15) is 0 Å². The third-order valence-electron chi connectivity index (χ3n) is 12.9. The van der Waals surface area contributed by atoms with E-state index in [0.717, 1.165) is 64.6 Å². The zero-order valence-corrected chi connectivity index (χ0v) is 29.3. The predicted octanol–water partition coefficient (Wildman–Crippen LogP) is 10.8. The molecule has 0 radical (unpaired) electrons. The zero-order valence-electron chi connectivity index (χ0n) is 29.3. The van der Waals surface area contributed by atoms with Crippen LogP contribution in [0, 0.1) is 0 Å². The molecule has 2 aliphatic rings. The summed E-state index contributed by atoms with van der Waals surface area (Å²) < 4.78 is 0. The van der Waals surface area contributed by atoms with Gasteiger partial charge in [-0.05, 0) is 135 Å². The fourth-order valence-electron chi connectivity index (χ4n) is 10.7. The minimum atomic E-state index is -0.272. The van der Waals surface area contributed by atoms with Crippen LogP contribution in [-0.2, 0) is 0 Å². The number of imide groups is 2. The topological polar surface area (TPSA) is 74.8 Å². The highest BCUT2D eigenvalue weighted by atomic mass is 16.2. The predicted molar refractivity (Wildman–Crippen MR) is 217 cm³/mol. The Bertz CT molecular complexity index is 3470. The van der Waals surface area contributed by atoms with Gasteiger partial charge in [0.05, 0.1) is 0 Å². The number of fused-ring (bicyclic) bond motifs is 6. The van der Waals surface area contributed by atoms with Gasteiger partial charge in [-0.2, -0.15) is 0 Å². The largest absolute Gasteiger partial charge is 0.277 e. The average Bonchev–Trinajstić information content (AvgIpc) is 3.19. The second-order valence-electron chi connectivity index (χ2n) is 15.5. The Kier molecular flexibility index (Phi) is 4.77. The number of benzene rings is 11.